The largest absolute Gasteiger partial charge is 0.262 e. The van der Waals surface area contributed by atoms with Gasteiger partial charge in [0.05, 0.1) is 18.9 Å². The van der Waals surface area contributed by atoms with Crippen molar-refractivity contribution >= 4 is 22.5 Å². The second kappa shape index (κ2) is 8.40. The third-order valence-corrected chi connectivity index (χ3v) is 17.2. The smallest absolute Gasteiger partial charge is 0.252 e. The van der Waals surface area contributed by atoms with E-state index in [0.717, 1.165) is 13.3 Å². The van der Waals surface area contributed by atoms with E-state index in [4.69, 9.17) is 13.8 Å². The van der Waals surface area contributed by atoms with Gasteiger partial charge in [-0.25, -0.2) is 18.8 Å². The molecular weight excluding hydrogens is 425 g/mol. The van der Waals surface area contributed by atoms with Gasteiger partial charge in [0.25, 0.3) is 7.51 Å². The van der Waals surface area contributed by atoms with Gasteiger partial charge < -0.3 is 0 Å². The van der Waals surface area contributed by atoms with E-state index in [1.54, 1.807) is 0 Å². The van der Waals surface area contributed by atoms with E-state index < -0.39 is 22.5 Å². The summed E-state index contributed by atoms with van der Waals surface area (Å²) in [5.74, 6) is 0. The summed E-state index contributed by atoms with van der Waals surface area (Å²) >= 11 is 0. The van der Waals surface area contributed by atoms with E-state index in [0.29, 0.717) is 0 Å². The molecule has 0 atom stereocenters. The molecule has 0 unspecified atom stereocenters. The van der Waals surface area contributed by atoms with E-state index in [9.17, 15) is 0 Å². The lowest BCUT2D eigenvalue weighted by Crippen LogP contribution is -2.48. The molecule has 0 radical (unpaired) electrons. The van der Waals surface area contributed by atoms with Crippen molar-refractivity contribution in [1.82, 2.24) is 32.7 Å². The molecule has 0 N–H and O–H groups in total. The van der Waals surface area contributed by atoms with E-state index in [1.165, 1.54) is 0 Å². The molecule has 0 aromatic rings. The zero-order valence-corrected chi connectivity index (χ0v) is 23.4. The van der Waals surface area contributed by atoms with Crippen molar-refractivity contribution in [3.63, 3.8) is 0 Å². The average molecular weight is 469 g/mol. The predicted molar refractivity (Wildman–Crippen MR) is 130 cm³/mol. The normalized spacial score (nSPS) is 25.3. The number of fused-ring (bicyclic) bond motifs is 1. The second-order valence-corrected chi connectivity index (χ2v) is 19.5. The third kappa shape index (κ3) is 4.23. The molecule has 0 aliphatic carbocycles. The van der Waals surface area contributed by atoms with Gasteiger partial charge in [0, 0.05) is 0 Å². The van der Waals surface area contributed by atoms with Gasteiger partial charge in [-0.15, -0.1) is 0 Å². The fourth-order valence-corrected chi connectivity index (χ4v) is 18.5. The third-order valence-electron chi connectivity index (χ3n) is 5.09. The van der Waals surface area contributed by atoms with Gasteiger partial charge in [-0.3, -0.25) is 18.7 Å². The Balaban J connectivity index is 3.08. The minimum absolute atomic E-state index is 0.229. The zero-order chi connectivity index (χ0) is 22.6. The van der Waals surface area contributed by atoms with Crippen LogP contribution in [-0.2, 0) is 0 Å². The molecule has 172 valence electrons. The Labute approximate surface area is 179 Å². The number of nitrogens with zero attached hydrogens (tertiary/aromatic N) is 10. The predicted octanol–water partition coefficient (Wildman–Crippen LogP) is 3.98. The molecule has 0 bridgehead atoms. The highest BCUT2D eigenvalue weighted by Crippen LogP contribution is 2.79. The summed E-state index contributed by atoms with van der Waals surface area (Å²) in [7, 11) is 14.7. The Morgan fingerprint density at radius 3 is 1.24 bits per heavy atom. The van der Waals surface area contributed by atoms with Crippen LogP contribution in [0.5, 0.6) is 0 Å². The maximum Gasteiger partial charge on any atom is 0.262 e. The highest BCUT2D eigenvalue weighted by atomic mass is 31.2. The van der Waals surface area contributed by atoms with E-state index in [1.807, 2.05) is 0 Å². The maximum absolute atomic E-state index is 5.67. The molecule has 0 amide bonds. The summed E-state index contributed by atoms with van der Waals surface area (Å²) < 4.78 is 33.1. The van der Waals surface area contributed by atoms with Crippen molar-refractivity contribution in [3.05, 3.63) is 0 Å². The first-order valence-corrected chi connectivity index (χ1v) is 14.7. The minimum atomic E-state index is -2.49. The minimum Gasteiger partial charge on any atom is -0.252 e. The fraction of sp³-hybridized carbons (Fsp3) is 1.00. The lowest BCUT2D eigenvalue weighted by molar-refractivity contribution is 0.239. The summed E-state index contributed by atoms with van der Waals surface area (Å²) in [5.41, 5.74) is -0.229. The van der Waals surface area contributed by atoms with Crippen LogP contribution in [0.1, 0.15) is 20.8 Å². The fourth-order valence-electron chi connectivity index (χ4n) is 4.21. The summed E-state index contributed by atoms with van der Waals surface area (Å²) in [6, 6.07) is 0. The van der Waals surface area contributed by atoms with Crippen LogP contribution in [0.3, 0.4) is 0 Å². The molecule has 13 heteroatoms. The average Bonchev–Trinajstić information content (AvgIpc) is 2.52. The highest BCUT2D eigenvalue weighted by molar-refractivity contribution is 7.77. The number of hydrogen-bond donors (Lipinski definition) is 0. The number of rotatable bonds is 4. The van der Waals surface area contributed by atoms with Gasteiger partial charge in [0.15, 0.2) is 15.0 Å². The van der Waals surface area contributed by atoms with E-state index >= 15 is 0 Å². The van der Waals surface area contributed by atoms with Gasteiger partial charge in [-0.1, -0.05) is 0 Å². The number of hydrogen-bond acceptors (Lipinski definition) is 7. The summed E-state index contributed by atoms with van der Waals surface area (Å²) in [5, 5.41) is 0. The first kappa shape index (κ1) is 25.7. The lowest BCUT2D eigenvalue weighted by Gasteiger charge is -2.55. The first-order valence-electron chi connectivity index (χ1n) is 9.86. The molecule has 0 aromatic heterocycles. The van der Waals surface area contributed by atoms with Crippen molar-refractivity contribution in [2.75, 3.05) is 83.8 Å². The van der Waals surface area contributed by atoms with Crippen LogP contribution in [0.2, 0.25) is 0 Å². The van der Waals surface area contributed by atoms with Crippen molar-refractivity contribution in [2.45, 2.75) is 26.3 Å². The monoisotopic (exact) mass is 468 g/mol. The standard InChI is InChI=1S/C16H43N10P3/c1-16(2,3)17-27-18-28(20(4)5,21(6)7)24(12)14-26(27)15-25(13)29(19-27,22(8)9)23(10)11/h14-15H2,1-13H3. The van der Waals surface area contributed by atoms with Crippen LogP contribution >= 0.6 is 22.5 Å². The van der Waals surface area contributed by atoms with Crippen molar-refractivity contribution < 1.29 is 0 Å². The Bertz CT molecular complexity index is 704. The van der Waals surface area contributed by atoms with Crippen LogP contribution in [0.25, 0.3) is 0 Å². The topological polar surface area (TPSA) is 59.8 Å². The maximum atomic E-state index is 5.67. The molecule has 2 aliphatic rings. The molecule has 10 nitrogen and oxygen atoms in total. The molecule has 2 heterocycles. The molecule has 0 fully saturated rings. The van der Waals surface area contributed by atoms with Gasteiger partial charge in [0.2, 0.25) is 0 Å². The molecule has 0 saturated heterocycles. The molecule has 0 saturated carbocycles. The molecule has 2 rings (SSSR count). The van der Waals surface area contributed by atoms with Crippen molar-refractivity contribution in [3.8, 4) is 0 Å². The van der Waals surface area contributed by atoms with Gasteiger partial charge in [0.1, 0.15) is 0 Å². The van der Waals surface area contributed by atoms with Crippen LogP contribution in [-0.4, -0.2) is 122 Å². The Morgan fingerprint density at radius 1 is 0.690 bits per heavy atom. The lowest BCUT2D eigenvalue weighted by atomic mass is 10.1. The van der Waals surface area contributed by atoms with Crippen molar-refractivity contribution in [2.24, 2.45) is 13.8 Å². The summed E-state index contributed by atoms with van der Waals surface area (Å²) in [6.45, 7) is 8.10. The first-order chi connectivity index (χ1) is 13.0. The highest BCUT2D eigenvalue weighted by Gasteiger charge is 2.50. The van der Waals surface area contributed by atoms with E-state index in [2.05, 4.69) is 124 Å². The van der Waals surface area contributed by atoms with E-state index in [-0.39, 0.29) is 5.54 Å². The van der Waals surface area contributed by atoms with Crippen LogP contribution in [0.4, 0.5) is 0 Å². The van der Waals surface area contributed by atoms with Gasteiger partial charge in [-0.2, -0.15) is 9.03 Å². The molecule has 2 aliphatic heterocycles. The summed E-state index contributed by atoms with van der Waals surface area (Å²) in [4.78, 5) is 0. The van der Waals surface area contributed by atoms with Crippen LogP contribution < -0.4 is 0 Å². The van der Waals surface area contributed by atoms with Crippen molar-refractivity contribution in [1.29, 1.82) is 0 Å². The van der Waals surface area contributed by atoms with Crippen LogP contribution in [0, 0.1) is 0 Å². The van der Waals surface area contributed by atoms with Crippen LogP contribution in [0.15, 0.2) is 13.8 Å². The molecule has 0 aromatic carbocycles. The molecule has 0 spiro atoms. The zero-order valence-electron chi connectivity index (χ0n) is 20.7. The summed E-state index contributed by atoms with van der Waals surface area (Å²) in [6.07, 6.45) is 0. The quantitative estimate of drug-likeness (QED) is 0.579. The van der Waals surface area contributed by atoms with Gasteiger partial charge in [-0.05, 0) is 91.2 Å². The molecular formula is C16H43N10P3. The van der Waals surface area contributed by atoms with Gasteiger partial charge >= 0.3 is 0 Å². The Kier molecular flexibility index (Phi) is 7.43. The SMILES string of the molecule is CN(C)P1(N(C)C)=NP2(=NC(C)(C)C)N=P(N(C)C)(N(C)C)N(C)CN2CN1C. The molecule has 29 heavy (non-hydrogen) atoms. The Hall–Kier alpha value is 0.410. The second-order valence-electron chi connectivity index (χ2n) is 9.55. The Morgan fingerprint density at radius 2 is 1.00 bits per heavy atom.